The van der Waals surface area contributed by atoms with Gasteiger partial charge in [0.05, 0.1) is 12.1 Å². The Morgan fingerprint density at radius 2 is 2.03 bits per heavy atom. The third-order valence-electron chi connectivity index (χ3n) is 6.62. The van der Waals surface area contributed by atoms with Crippen molar-refractivity contribution in [2.75, 3.05) is 19.7 Å². The fraction of sp³-hybridized carbons (Fsp3) is 0.500. The average Bonchev–Trinajstić information content (AvgIpc) is 3.34. The molecule has 0 aromatic heterocycles. The van der Waals surface area contributed by atoms with Gasteiger partial charge in [-0.3, -0.25) is 9.59 Å². The van der Waals surface area contributed by atoms with Crippen LogP contribution in [0.15, 0.2) is 42.5 Å². The lowest BCUT2D eigenvalue weighted by molar-refractivity contribution is -0.141. The highest BCUT2D eigenvalue weighted by atomic mass is 19.1. The average molecular weight is 483 g/mol. The Bertz CT molecular complexity index is 1070. The normalized spacial score (nSPS) is 20.8. The Morgan fingerprint density at radius 1 is 1.23 bits per heavy atom. The number of fused-ring (bicyclic) bond motifs is 1. The van der Waals surface area contributed by atoms with E-state index < -0.39 is 17.6 Å². The Morgan fingerprint density at radius 3 is 2.71 bits per heavy atom. The van der Waals surface area contributed by atoms with Gasteiger partial charge in [0.1, 0.15) is 11.6 Å². The molecule has 0 spiro atoms. The molecule has 2 aromatic carbocycles. The summed E-state index contributed by atoms with van der Waals surface area (Å²) in [7, 11) is 0. The second-order valence-corrected chi connectivity index (χ2v) is 10.5. The number of halogens is 1. The molecule has 35 heavy (non-hydrogen) atoms. The number of nitrogens with one attached hydrogen (secondary N) is 1. The van der Waals surface area contributed by atoms with Crippen LogP contribution in [0, 0.1) is 11.2 Å². The summed E-state index contributed by atoms with van der Waals surface area (Å²) in [6.45, 7) is 9.15. The van der Waals surface area contributed by atoms with Crippen LogP contribution in [0.3, 0.4) is 0 Å². The second kappa shape index (κ2) is 10.4. The lowest BCUT2D eigenvalue weighted by Crippen LogP contribution is -2.45. The van der Waals surface area contributed by atoms with E-state index >= 15 is 0 Å². The van der Waals surface area contributed by atoms with Gasteiger partial charge in [-0.05, 0) is 67.1 Å². The summed E-state index contributed by atoms with van der Waals surface area (Å²) in [5.41, 5.74) is 2.11. The number of rotatable bonds is 6. The van der Waals surface area contributed by atoms with Crippen molar-refractivity contribution in [3.8, 4) is 5.75 Å². The summed E-state index contributed by atoms with van der Waals surface area (Å²) in [5, 5.41) is 2.90. The maximum absolute atomic E-state index is 14.2. The highest BCUT2D eigenvalue weighted by Gasteiger charge is 2.37. The molecule has 7 heteroatoms. The number of hydrogen-bond acceptors (Lipinski definition) is 4. The van der Waals surface area contributed by atoms with Gasteiger partial charge in [0.25, 0.3) is 5.91 Å². The smallest absolute Gasteiger partial charge is 0.260 e. The number of carbonyl (C=O) groups excluding carboxylic acids is 2. The highest BCUT2D eigenvalue weighted by Crippen LogP contribution is 2.39. The highest BCUT2D eigenvalue weighted by molar-refractivity contribution is 5.83. The lowest BCUT2D eigenvalue weighted by atomic mass is 9.85. The summed E-state index contributed by atoms with van der Waals surface area (Å²) in [4.78, 5) is 27.8. The van der Waals surface area contributed by atoms with E-state index in [4.69, 9.17) is 9.47 Å². The van der Waals surface area contributed by atoms with E-state index in [9.17, 15) is 14.0 Å². The van der Waals surface area contributed by atoms with Crippen molar-refractivity contribution in [2.24, 2.45) is 5.41 Å². The summed E-state index contributed by atoms with van der Waals surface area (Å²) in [5.74, 6) is -0.00764. The largest absolute Gasteiger partial charge is 0.481 e. The minimum Gasteiger partial charge on any atom is -0.481 e. The molecule has 1 fully saturated rings. The molecule has 1 saturated heterocycles. The molecule has 1 N–H and O–H groups in total. The molecule has 188 valence electrons. The SMILES string of the molecule is CC(Oc1ccc2c(c1)C(c1cccc(F)c1)N(C(=O)C(C)(C)C)CC2)C(=O)NCC1CCCO1. The number of amides is 2. The van der Waals surface area contributed by atoms with E-state index in [0.717, 1.165) is 30.6 Å². The number of ether oxygens (including phenoxy) is 2. The molecule has 0 radical (unpaired) electrons. The van der Waals surface area contributed by atoms with Gasteiger partial charge in [-0.15, -0.1) is 0 Å². The van der Waals surface area contributed by atoms with E-state index in [1.165, 1.54) is 12.1 Å². The quantitative estimate of drug-likeness (QED) is 0.662. The minimum absolute atomic E-state index is 0.00519. The van der Waals surface area contributed by atoms with E-state index in [1.54, 1.807) is 13.0 Å². The van der Waals surface area contributed by atoms with Crippen LogP contribution in [0.2, 0.25) is 0 Å². The van der Waals surface area contributed by atoms with Crippen molar-refractivity contribution in [3.05, 3.63) is 65.0 Å². The van der Waals surface area contributed by atoms with Crippen LogP contribution in [0.4, 0.5) is 4.39 Å². The van der Waals surface area contributed by atoms with Crippen LogP contribution in [0.5, 0.6) is 5.75 Å². The Balaban J connectivity index is 1.59. The molecule has 6 nitrogen and oxygen atoms in total. The van der Waals surface area contributed by atoms with Crippen molar-refractivity contribution in [1.82, 2.24) is 10.2 Å². The first-order chi connectivity index (χ1) is 16.6. The third kappa shape index (κ3) is 5.84. The first kappa shape index (κ1) is 25.2. The Labute approximate surface area is 206 Å². The van der Waals surface area contributed by atoms with Crippen molar-refractivity contribution >= 4 is 11.8 Å². The predicted octanol–water partition coefficient (Wildman–Crippen LogP) is 4.41. The first-order valence-corrected chi connectivity index (χ1v) is 12.4. The molecule has 0 saturated carbocycles. The van der Waals surface area contributed by atoms with Gasteiger partial charge in [-0.2, -0.15) is 0 Å². The van der Waals surface area contributed by atoms with E-state index in [0.29, 0.717) is 30.8 Å². The number of carbonyl (C=O) groups is 2. The van der Waals surface area contributed by atoms with Crippen LogP contribution in [0.25, 0.3) is 0 Å². The number of hydrogen-bond donors (Lipinski definition) is 1. The molecule has 4 rings (SSSR count). The summed E-state index contributed by atoms with van der Waals surface area (Å²) < 4.78 is 25.8. The molecular formula is C28H35FN2O4. The summed E-state index contributed by atoms with van der Waals surface area (Å²) in [6.07, 6.45) is 2.03. The van der Waals surface area contributed by atoms with Gasteiger partial charge in [0.15, 0.2) is 6.10 Å². The first-order valence-electron chi connectivity index (χ1n) is 12.4. The second-order valence-electron chi connectivity index (χ2n) is 10.5. The molecule has 3 atom stereocenters. The van der Waals surface area contributed by atoms with Crippen LogP contribution < -0.4 is 10.1 Å². The van der Waals surface area contributed by atoms with Gasteiger partial charge in [-0.1, -0.05) is 39.0 Å². The monoisotopic (exact) mass is 482 g/mol. The van der Waals surface area contributed by atoms with Gasteiger partial charge < -0.3 is 19.7 Å². The van der Waals surface area contributed by atoms with Crippen molar-refractivity contribution in [3.63, 3.8) is 0 Å². The molecule has 0 aliphatic carbocycles. The summed E-state index contributed by atoms with van der Waals surface area (Å²) in [6, 6.07) is 11.7. The van der Waals surface area contributed by atoms with Gasteiger partial charge in [-0.25, -0.2) is 4.39 Å². The van der Waals surface area contributed by atoms with Gasteiger partial charge in [0.2, 0.25) is 5.91 Å². The topological polar surface area (TPSA) is 67.9 Å². The minimum atomic E-state index is -0.696. The maximum atomic E-state index is 14.2. The van der Waals surface area contributed by atoms with Crippen LogP contribution in [-0.4, -0.2) is 48.6 Å². The van der Waals surface area contributed by atoms with Crippen LogP contribution >= 0.6 is 0 Å². The number of benzene rings is 2. The zero-order valence-electron chi connectivity index (χ0n) is 21.0. The van der Waals surface area contributed by atoms with Crippen LogP contribution in [0.1, 0.15) is 63.3 Å². The molecule has 3 unspecified atom stereocenters. The Kier molecular flexibility index (Phi) is 7.45. The number of nitrogens with zero attached hydrogens (tertiary/aromatic N) is 1. The fourth-order valence-corrected chi connectivity index (χ4v) is 4.77. The molecular weight excluding hydrogens is 447 g/mol. The van der Waals surface area contributed by atoms with E-state index in [-0.39, 0.29) is 23.7 Å². The van der Waals surface area contributed by atoms with Gasteiger partial charge >= 0.3 is 0 Å². The fourth-order valence-electron chi connectivity index (χ4n) is 4.77. The van der Waals surface area contributed by atoms with Crippen molar-refractivity contribution in [2.45, 2.75) is 65.2 Å². The lowest BCUT2D eigenvalue weighted by Gasteiger charge is -2.41. The zero-order chi connectivity index (χ0) is 25.2. The van der Waals surface area contributed by atoms with Crippen LogP contribution in [-0.2, 0) is 20.7 Å². The molecule has 2 aromatic rings. The maximum Gasteiger partial charge on any atom is 0.260 e. The molecule has 2 aliphatic rings. The molecule has 2 aliphatic heterocycles. The standard InChI is InChI=1S/C28H35FN2O4/c1-18(26(32)30-17-23-9-6-14-34-23)35-22-11-10-19-12-13-31(27(33)28(2,3)4)25(24(19)16-22)20-7-5-8-21(29)15-20/h5,7-8,10-11,15-16,18,23,25H,6,9,12-14,17H2,1-4H3,(H,30,32). The van der Waals surface area contributed by atoms with E-state index in [1.807, 2.05) is 49.9 Å². The molecule has 2 amide bonds. The predicted molar refractivity (Wildman–Crippen MR) is 132 cm³/mol. The zero-order valence-corrected chi connectivity index (χ0v) is 21.0. The summed E-state index contributed by atoms with van der Waals surface area (Å²) >= 11 is 0. The van der Waals surface area contributed by atoms with E-state index in [2.05, 4.69) is 5.32 Å². The van der Waals surface area contributed by atoms with Gasteiger partial charge in [0, 0.05) is 25.1 Å². The Hall–Kier alpha value is -2.93. The molecule has 0 bridgehead atoms. The van der Waals surface area contributed by atoms with Crippen molar-refractivity contribution in [1.29, 1.82) is 0 Å². The molecule has 2 heterocycles. The third-order valence-corrected chi connectivity index (χ3v) is 6.62. The van der Waals surface area contributed by atoms with Crippen molar-refractivity contribution < 1.29 is 23.5 Å².